The number of carbonyl (C=O) groups excluding carboxylic acids is 1. The largest absolute Gasteiger partial charge is 0.489 e. The molecule has 0 saturated heterocycles. The van der Waals surface area contributed by atoms with Gasteiger partial charge in [-0.15, -0.1) is 0 Å². The fraction of sp³-hybridized carbons (Fsp3) is 0.300. The molecule has 0 aliphatic heterocycles. The number of halogens is 2. The number of nitrogen functional groups attached to an aromatic ring is 1. The number of nitrogens with zero attached hydrogens (tertiary/aromatic N) is 3. The number of benzene rings is 1. The van der Waals surface area contributed by atoms with E-state index in [1.54, 1.807) is 6.92 Å². The van der Waals surface area contributed by atoms with Gasteiger partial charge in [0.15, 0.2) is 0 Å². The summed E-state index contributed by atoms with van der Waals surface area (Å²) in [5.41, 5.74) is 5.28. The summed E-state index contributed by atoms with van der Waals surface area (Å²) in [5.74, 6) is -0.771. The Bertz CT molecular complexity index is 942. The number of aromatic nitrogens is 1. The van der Waals surface area contributed by atoms with E-state index < -0.39 is 22.5 Å². The highest BCUT2D eigenvalue weighted by Crippen LogP contribution is 2.36. The molecular weight excluding hydrogens is 475 g/mol. The number of hydrogen-bond donors (Lipinski definition) is 1. The van der Waals surface area contributed by atoms with Gasteiger partial charge in [0.25, 0.3) is 0 Å². The van der Waals surface area contributed by atoms with Crippen LogP contribution in [0.25, 0.3) is 0 Å². The summed E-state index contributed by atoms with van der Waals surface area (Å²) in [5, 5.41) is 11.5. The van der Waals surface area contributed by atoms with Gasteiger partial charge in [0.05, 0.1) is 18.1 Å². The molecule has 9 nitrogen and oxygen atoms in total. The lowest BCUT2D eigenvalue weighted by Crippen LogP contribution is -2.32. The van der Waals surface area contributed by atoms with Crippen molar-refractivity contribution in [1.82, 2.24) is 4.98 Å². The molecule has 168 valence electrons. The lowest BCUT2D eigenvalue weighted by Gasteiger charge is -2.22. The highest BCUT2D eigenvalue weighted by atomic mass is 79.9. The molecular formula is C20H24BrFN4O5. The van der Waals surface area contributed by atoms with Crippen molar-refractivity contribution in [3.05, 3.63) is 63.0 Å². The van der Waals surface area contributed by atoms with Gasteiger partial charge in [-0.05, 0) is 40.5 Å². The van der Waals surface area contributed by atoms with Crippen LogP contribution in [0.1, 0.15) is 26.3 Å². The maximum absolute atomic E-state index is 14.0. The number of amides is 1. The highest BCUT2D eigenvalue weighted by Gasteiger charge is 2.30. The lowest BCUT2D eigenvalue weighted by molar-refractivity contribution is -0.383. The van der Waals surface area contributed by atoms with Crippen LogP contribution in [0.5, 0.6) is 5.75 Å². The maximum Gasteiger partial charge on any atom is 0.414 e. The van der Waals surface area contributed by atoms with Crippen molar-refractivity contribution in [2.45, 2.75) is 27.3 Å². The fourth-order valence-corrected chi connectivity index (χ4v) is 2.90. The molecule has 2 aromatic rings. The first-order chi connectivity index (χ1) is 14.8. The molecule has 0 radical (unpaired) electrons. The summed E-state index contributed by atoms with van der Waals surface area (Å²) in [4.78, 5) is 28.1. The van der Waals surface area contributed by atoms with Gasteiger partial charge >= 0.3 is 11.8 Å². The summed E-state index contributed by atoms with van der Waals surface area (Å²) < 4.78 is 24.5. The topological polar surface area (TPSA) is 121 Å². The van der Waals surface area contributed by atoms with E-state index in [0.29, 0.717) is 5.56 Å². The predicted molar refractivity (Wildman–Crippen MR) is 120 cm³/mol. The van der Waals surface area contributed by atoms with Gasteiger partial charge in [-0.2, -0.15) is 0 Å². The smallest absolute Gasteiger partial charge is 0.414 e. The van der Waals surface area contributed by atoms with Crippen molar-refractivity contribution in [1.29, 1.82) is 0 Å². The van der Waals surface area contributed by atoms with Crippen LogP contribution in [0, 0.1) is 15.9 Å². The predicted octanol–water partition coefficient (Wildman–Crippen LogP) is 5.23. The normalized spacial score (nSPS) is 9.84. The number of anilines is 2. The van der Waals surface area contributed by atoms with E-state index in [4.69, 9.17) is 15.2 Å². The molecule has 2 N–H and O–H groups in total. The van der Waals surface area contributed by atoms with Crippen molar-refractivity contribution in [3.8, 4) is 5.75 Å². The molecule has 0 atom stereocenters. The van der Waals surface area contributed by atoms with Gasteiger partial charge < -0.3 is 15.2 Å². The van der Waals surface area contributed by atoms with Gasteiger partial charge in [0, 0.05) is 12.1 Å². The summed E-state index contributed by atoms with van der Waals surface area (Å²) in [6.07, 6.45) is 0.627. The SMILES string of the molecule is C=CCOc1cc(F)cc(CN(C(=O)OCC)c2cc(Br)nc(N)c2[N+](=O)[O-])c1.CC. The molecule has 0 bridgehead atoms. The minimum absolute atomic E-state index is 0.0295. The van der Waals surface area contributed by atoms with E-state index in [-0.39, 0.29) is 41.6 Å². The number of pyridine rings is 1. The fourth-order valence-electron chi connectivity index (χ4n) is 2.49. The number of hydrogen-bond acceptors (Lipinski definition) is 7. The zero-order valence-electron chi connectivity index (χ0n) is 17.4. The van der Waals surface area contributed by atoms with Gasteiger partial charge in [-0.25, -0.2) is 14.2 Å². The third kappa shape index (κ3) is 7.21. The van der Waals surface area contributed by atoms with Gasteiger partial charge in [-0.3, -0.25) is 15.0 Å². The Morgan fingerprint density at radius 2 is 2.06 bits per heavy atom. The Morgan fingerprint density at radius 3 is 2.65 bits per heavy atom. The van der Waals surface area contributed by atoms with E-state index in [1.165, 1.54) is 30.3 Å². The molecule has 1 aromatic carbocycles. The van der Waals surface area contributed by atoms with E-state index in [1.807, 2.05) is 13.8 Å². The number of ether oxygens (including phenoxy) is 2. The van der Waals surface area contributed by atoms with Crippen LogP contribution in [-0.4, -0.2) is 29.2 Å². The molecule has 31 heavy (non-hydrogen) atoms. The Morgan fingerprint density at radius 1 is 1.39 bits per heavy atom. The Labute approximate surface area is 187 Å². The molecule has 1 heterocycles. The number of carbonyl (C=O) groups is 1. The second-order valence-corrected chi connectivity index (χ2v) is 6.45. The van der Waals surface area contributed by atoms with Crippen LogP contribution in [0.3, 0.4) is 0 Å². The van der Waals surface area contributed by atoms with Crippen molar-refractivity contribution >= 4 is 39.2 Å². The first-order valence-corrected chi connectivity index (χ1v) is 10.1. The number of rotatable bonds is 8. The molecule has 0 aliphatic carbocycles. The first kappa shape index (κ1) is 25.8. The number of nitro groups is 1. The summed E-state index contributed by atoms with van der Waals surface area (Å²) in [7, 11) is 0. The Hall–Kier alpha value is -3.21. The van der Waals surface area contributed by atoms with Gasteiger partial charge in [0.2, 0.25) is 5.82 Å². The average molecular weight is 499 g/mol. The third-order valence-corrected chi connectivity index (χ3v) is 3.98. The zero-order chi connectivity index (χ0) is 23.6. The van der Waals surface area contributed by atoms with E-state index in [2.05, 4.69) is 27.5 Å². The third-order valence-electron chi connectivity index (χ3n) is 3.57. The zero-order valence-corrected chi connectivity index (χ0v) is 19.0. The molecule has 11 heteroatoms. The Balaban J connectivity index is 0.00000233. The standard InChI is InChI=1S/C18H18BrFN4O5.C2H6/c1-3-5-29-13-7-11(6-12(20)8-13)10-23(18(25)28-4-2)14-9-15(19)22-17(21)16(14)24(26)27;1-2/h3,6-9H,1,4-5,10H2,2H3,(H2,21,22);1-2H3. The van der Waals surface area contributed by atoms with E-state index in [9.17, 15) is 19.3 Å². The summed E-state index contributed by atoms with van der Waals surface area (Å²) in [6, 6.07) is 5.12. The molecule has 1 amide bonds. The molecule has 0 fully saturated rings. The Kier molecular flexibility index (Phi) is 10.4. The van der Waals surface area contributed by atoms with Crippen LogP contribution in [0.4, 0.5) is 26.4 Å². The average Bonchev–Trinajstić information content (AvgIpc) is 2.70. The van der Waals surface area contributed by atoms with E-state index >= 15 is 0 Å². The quantitative estimate of drug-likeness (QED) is 0.229. The minimum Gasteiger partial charge on any atom is -0.489 e. The summed E-state index contributed by atoms with van der Waals surface area (Å²) in [6.45, 7) is 9.06. The monoisotopic (exact) mass is 498 g/mol. The number of nitrogens with two attached hydrogens (primary N) is 1. The second-order valence-electron chi connectivity index (χ2n) is 5.63. The van der Waals surface area contributed by atoms with Crippen LogP contribution < -0.4 is 15.4 Å². The van der Waals surface area contributed by atoms with Gasteiger partial charge in [0.1, 0.15) is 28.5 Å². The molecule has 0 unspecified atom stereocenters. The van der Waals surface area contributed by atoms with Crippen molar-refractivity contribution in [3.63, 3.8) is 0 Å². The molecule has 0 saturated carbocycles. The first-order valence-electron chi connectivity index (χ1n) is 9.34. The lowest BCUT2D eigenvalue weighted by atomic mass is 10.1. The molecule has 0 aliphatic rings. The van der Waals surface area contributed by atoms with Crippen LogP contribution in [0.15, 0.2) is 41.5 Å². The minimum atomic E-state index is -0.870. The van der Waals surface area contributed by atoms with E-state index in [0.717, 1.165) is 4.90 Å². The van der Waals surface area contributed by atoms with Crippen LogP contribution in [-0.2, 0) is 11.3 Å². The van der Waals surface area contributed by atoms with Crippen molar-refractivity contribution < 1.29 is 23.6 Å². The van der Waals surface area contributed by atoms with Crippen molar-refractivity contribution in [2.24, 2.45) is 0 Å². The molecule has 0 spiro atoms. The van der Waals surface area contributed by atoms with Crippen molar-refractivity contribution in [2.75, 3.05) is 23.8 Å². The molecule has 2 rings (SSSR count). The maximum atomic E-state index is 14.0. The van der Waals surface area contributed by atoms with Crippen LogP contribution >= 0.6 is 15.9 Å². The second kappa shape index (κ2) is 12.5. The molecule has 1 aromatic heterocycles. The van der Waals surface area contributed by atoms with Crippen LogP contribution in [0.2, 0.25) is 0 Å². The highest BCUT2D eigenvalue weighted by molar-refractivity contribution is 9.10. The summed E-state index contributed by atoms with van der Waals surface area (Å²) >= 11 is 3.11. The van der Waals surface area contributed by atoms with Gasteiger partial charge in [-0.1, -0.05) is 26.5 Å².